The van der Waals surface area contributed by atoms with Crippen LogP contribution in [-0.2, 0) is 4.74 Å². The normalized spacial score (nSPS) is 45.4. The number of hydrogen-bond donors (Lipinski definition) is 2. The maximum absolute atomic E-state index is 14.9. The first kappa shape index (κ1) is 28.0. The Morgan fingerprint density at radius 3 is 2.51 bits per heavy atom. The fourth-order valence-electron chi connectivity index (χ4n) is 10.5. The average molecular weight is 523 g/mol. The van der Waals surface area contributed by atoms with Crippen LogP contribution in [0.5, 0.6) is 0 Å². The molecule has 0 aromatic heterocycles. The smallest absolute Gasteiger partial charge is 0.251 e. The number of hydrogen-bond acceptors (Lipinski definition) is 3. The van der Waals surface area contributed by atoms with Crippen molar-refractivity contribution in [2.45, 2.75) is 129 Å². The van der Waals surface area contributed by atoms with Gasteiger partial charge in [0, 0.05) is 25.4 Å². The van der Waals surface area contributed by atoms with Gasteiger partial charge >= 0.3 is 0 Å². The zero-order valence-corrected chi connectivity index (χ0v) is 24.0. The van der Waals surface area contributed by atoms with Crippen molar-refractivity contribution in [3.8, 4) is 0 Å². The fourth-order valence-corrected chi connectivity index (χ4v) is 10.5. The number of ether oxygens (including phenoxy) is 1. The lowest BCUT2D eigenvalue weighted by Crippen LogP contribution is -2.54. The van der Waals surface area contributed by atoms with E-state index in [2.05, 4.69) is 19.9 Å². The summed E-state index contributed by atoms with van der Waals surface area (Å²) in [4.78, 5) is 0. The molecule has 3 nitrogen and oxygen atoms in total. The SMILES string of the molecule is C[C@H](CC(F)(F)CC(C)(C)O)[C@H]1CC[C@H]2[C@@H]3CC=C4CC(O)([C@@H]5CCCOC5)CC[C@]4(C)[C@H]3CC[C@]12C. The molecule has 5 aliphatic rings. The molecular formula is C32H52F2O3. The number of allylic oxidation sites excluding steroid dienone is 1. The highest BCUT2D eigenvalue weighted by molar-refractivity contribution is 5.27. The average Bonchev–Trinajstić information content (AvgIpc) is 3.16. The lowest BCUT2D eigenvalue weighted by atomic mass is 9.45. The van der Waals surface area contributed by atoms with Crippen LogP contribution in [0, 0.1) is 46.3 Å². The molecular weight excluding hydrogens is 470 g/mol. The van der Waals surface area contributed by atoms with Gasteiger partial charge in [0.25, 0.3) is 5.92 Å². The summed E-state index contributed by atoms with van der Waals surface area (Å²) in [6, 6.07) is 0. The molecule has 0 spiro atoms. The van der Waals surface area contributed by atoms with Gasteiger partial charge in [-0.15, -0.1) is 0 Å². The zero-order chi connectivity index (χ0) is 26.9. The third-order valence-corrected chi connectivity index (χ3v) is 12.2. The first-order valence-corrected chi connectivity index (χ1v) is 15.3. The summed E-state index contributed by atoms with van der Waals surface area (Å²) in [6.07, 6.45) is 12.4. The maximum atomic E-state index is 14.9. The van der Waals surface area contributed by atoms with Gasteiger partial charge in [0.1, 0.15) is 0 Å². The largest absolute Gasteiger partial charge is 0.390 e. The minimum absolute atomic E-state index is 0.0448. The molecule has 4 aliphatic carbocycles. The summed E-state index contributed by atoms with van der Waals surface area (Å²) < 4.78 is 35.5. The zero-order valence-electron chi connectivity index (χ0n) is 24.0. The van der Waals surface area contributed by atoms with E-state index in [9.17, 15) is 19.0 Å². The molecule has 0 aromatic carbocycles. The quantitative estimate of drug-likeness (QED) is 0.354. The molecule has 9 atom stereocenters. The lowest BCUT2D eigenvalue weighted by Gasteiger charge is -2.60. The van der Waals surface area contributed by atoms with E-state index in [0.29, 0.717) is 30.3 Å². The summed E-state index contributed by atoms with van der Waals surface area (Å²) in [6.45, 7) is 11.4. The molecule has 37 heavy (non-hydrogen) atoms. The van der Waals surface area contributed by atoms with Crippen LogP contribution in [0.2, 0.25) is 0 Å². The predicted molar refractivity (Wildman–Crippen MR) is 143 cm³/mol. The van der Waals surface area contributed by atoms with Crippen LogP contribution in [0.1, 0.15) is 112 Å². The molecule has 5 rings (SSSR count). The van der Waals surface area contributed by atoms with E-state index in [-0.39, 0.29) is 29.1 Å². The Kier molecular flexibility index (Phi) is 7.23. The van der Waals surface area contributed by atoms with Crippen molar-refractivity contribution in [2.75, 3.05) is 13.2 Å². The van der Waals surface area contributed by atoms with Crippen LogP contribution in [0.3, 0.4) is 0 Å². The molecule has 1 heterocycles. The Morgan fingerprint density at radius 1 is 1.08 bits per heavy atom. The molecule has 1 unspecified atom stereocenters. The van der Waals surface area contributed by atoms with E-state index in [4.69, 9.17) is 4.74 Å². The summed E-state index contributed by atoms with van der Waals surface area (Å²) in [5.74, 6) is -0.422. The van der Waals surface area contributed by atoms with Gasteiger partial charge in [0.2, 0.25) is 0 Å². The lowest BCUT2D eigenvalue weighted by molar-refractivity contribution is -0.121. The van der Waals surface area contributed by atoms with E-state index < -0.39 is 23.5 Å². The van der Waals surface area contributed by atoms with E-state index >= 15 is 0 Å². The molecule has 0 radical (unpaired) electrons. The van der Waals surface area contributed by atoms with Crippen molar-refractivity contribution in [3.05, 3.63) is 11.6 Å². The molecule has 212 valence electrons. The Bertz CT molecular complexity index is 874. The van der Waals surface area contributed by atoms with Crippen molar-refractivity contribution >= 4 is 0 Å². The minimum Gasteiger partial charge on any atom is -0.390 e. The highest BCUT2D eigenvalue weighted by atomic mass is 19.3. The highest BCUT2D eigenvalue weighted by Gasteiger charge is 2.61. The predicted octanol–water partition coefficient (Wildman–Crippen LogP) is 7.55. The number of rotatable bonds is 6. The molecule has 1 saturated heterocycles. The van der Waals surface area contributed by atoms with Gasteiger partial charge in [-0.25, -0.2) is 8.78 Å². The van der Waals surface area contributed by atoms with Crippen molar-refractivity contribution in [3.63, 3.8) is 0 Å². The van der Waals surface area contributed by atoms with Gasteiger partial charge in [0.05, 0.1) is 17.8 Å². The van der Waals surface area contributed by atoms with Gasteiger partial charge in [0.15, 0.2) is 0 Å². The van der Waals surface area contributed by atoms with E-state index in [1.165, 1.54) is 25.8 Å². The first-order chi connectivity index (χ1) is 17.2. The second-order valence-corrected chi connectivity index (χ2v) is 15.2. The second-order valence-electron chi connectivity index (χ2n) is 15.2. The van der Waals surface area contributed by atoms with Crippen LogP contribution < -0.4 is 0 Å². The topological polar surface area (TPSA) is 49.7 Å². The van der Waals surface area contributed by atoms with E-state index in [1.807, 2.05) is 6.92 Å². The Balaban J connectivity index is 1.31. The summed E-state index contributed by atoms with van der Waals surface area (Å²) >= 11 is 0. The minimum atomic E-state index is -2.83. The third kappa shape index (κ3) is 5.08. The van der Waals surface area contributed by atoms with E-state index in [0.717, 1.165) is 64.4 Å². The Morgan fingerprint density at radius 2 is 1.84 bits per heavy atom. The Labute approximate surface area is 223 Å². The third-order valence-electron chi connectivity index (χ3n) is 12.2. The van der Waals surface area contributed by atoms with Crippen molar-refractivity contribution < 1.29 is 23.7 Å². The van der Waals surface area contributed by atoms with Crippen LogP contribution in [0.25, 0.3) is 0 Å². The fraction of sp³-hybridized carbons (Fsp3) is 0.938. The van der Waals surface area contributed by atoms with Crippen molar-refractivity contribution in [1.29, 1.82) is 0 Å². The van der Waals surface area contributed by atoms with Crippen LogP contribution in [0.4, 0.5) is 8.78 Å². The molecule has 2 N–H and O–H groups in total. The number of alkyl halides is 2. The highest BCUT2D eigenvalue weighted by Crippen LogP contribution is 2.68. The monoisotopic (exact) mass is 522 g/mol. The van der Waals surface area contributed by atoms with Crippen LogP contribution >= 0.6 is 0 Å². The molecule has 1 aliphatic heterocycles. The first-order valence-electron chi connectivity index (χ1n) is 15.3. The second kappa shape index (κ2) is 9.54. The number of halogens is 2. The van der Waals surface area contributed by atoms with Gasteiger partial charge in [-0.3, -0.25) is 0 Å². The summed E-state index contributed by atoms with van der Waals surface area (Å²) in [7, 11) is 0. The molecule has 3 saturated carbocycles. The molecule has 0 bridgehead atoms. The van der Waals surface area contributed by atoms with Crippen molar-refractivity contribution in [1.82, 2.24) is 0 Å². The number of aliphatic hydroxyl groups is 2. The Hall–Kier alpha value is -0.520. The van der Waals surface area contributed by atoms with Gasteiger partial charge < -0.3 is 14.9 Å². The van der Waals surface area contributed by atoms with Gasteiger partial charge in [-0.2, -0.15) is 0 Å². The molecule has 0 aromatic rings. The van der Waals surface area contributed by atoms with Crippen LogP contribution in [0.15, 0.2) is 11.6 Å². The molecule has 0 amide bonds. The summed E-state index contributed by atoms with van der Waals surface area (Å²) in [5, 5.41) is 21.7. The standard InChI is InChI=1S/C32H52F2O3/c1-21(17-32(33,34)20-28(2,3)35)25-10-11-26-24-9-8-22-18-31(36,23-7-6-16-37-19-23)15-14-29(22,4)27(24)12-13-30(25,26)5/h8,21,23-27,35-36H,6-7,9-20H2,1-5H3/t21-,23-,24+,25-,26+,27+,29+,30-,31?/m1/s1. The van der Waals surface area contributed by atoms with Gasteiger partial charge in [-0.1, -0.05) is 32.4 Å². The van der Waals surface area contributed by atoms with Crippen LogP contribution in [-0.4, -0.2) is 40.6 Å². The molecule has 4 fully saturated rings. The van der Waals surface area contributed by atoms with E-state index in [1.54, 1.807) is 0 Å². The summed E-state index contributed by atoms with van der Waals surface area (Å²) in [5.41, 5.74) is -0.186. The van der Waals surface area contributed by atoms with Gasteiger partial charge in [-0.05, 0) is 118 Å². The van der Waals surface area contributed by atoms with Crippen molar-refractivity contribution in [2.24, 2.45) is 46.3 Å². The number of fused-ring (bicyclic) bond motifs is 5. The maximum Gasteiger partial charge on any atom is 0.251 e. The molecule has 5 heteroatoms.